The Kier molecular flexibility index (Phi) is 3.96. The number of benzene rings is 1. The third-order valence-electron chi connectivity index (χ3n) is 5.63. The summed E-state index contributed by atoms with van der Waals surface area (Å²) in [6, 6.07) is 6.55. The quantitative estimate of drug-likeness (QED) is 0.880. The van der Waals surface area contributed by atoms with E-state index >= 15 is 0 Å². The summed E-state index contributed by atoms with van der Waals surface area (Å²) in [7, 11) is 3.20. The SMILES string of the molecule is COC(=O)CC1CCN2CCc3c([nH]c4cccc(OC)c34)[C@@H]2C1. The number of nitrogens with zero attached hydrogens (tertiary/aromatic N) is 1. The number of carbonyl (C=O) groups is 1. The minimum atomic E-state index is -0.0946. The summed E-state index contributed by atoms with van der Waals surface area (Å²) < 4.78 is 10.4. The number of methoxy groups -OCH3 is 2. The van der Waals surface area contributed by atoms with Crippen molar-refractivity contribution in [3.05, 3.63) is 29.5 Å². The first-order chi connectivity index (χ1) is 11.7. The highest BCUT2D eigenvalue weighted by molar-refractivity contribution is 5.91. The Morgan fingerprint density at radius 1 is 1.33 bits per heavy atom. The molecule has 2 aromatic rings. The van der Waals surface area contributed by atoms with Crippen LogP contribution in [0.2, 0.25) is 0 Å². The van der Waals surface area contributed by atoms with Crippen LogP contribution in [-0.4, -0.2) is 43.2 Å². The van der Waals surface area contributed by atoms with Crippen LogP contribution in [-0.2, 0) is 16.0 Å². The van der Waals surface area contributed by atoms with Gasteiger partial charge in [0.25, 0.3) is 0 Å². The second-order valence-electron chi connectivity index (χ2n) is 6.87. The maximum absolute atomic E-state index is 11.6. The minimum absolute atomic E-state index is 0.0946. The zero-order valence-corrected chi connectivity index (χ0v) is 14.3. The molecule has 2 aliphatic heterocycles. The van der Waals surface area contributed by atoms with E-state index in [1.807, 2.05) is 12.1 Å². The highest BCUT2D eigenvalue weighted by Gasteiger charge is 2.36. The molecule has 1 saturated heterocycles. The Hall–Kier alpha value is -2.01. The standard InChI is InChI=1S/C19H24N2O3/c1-23-16-5-3-4-14-18(16)13-7-9-21-8-6-12(11-17(22)24-2)10-15(21)19(13)20-14/h3-5,12,15,20H,6-11H2,1-2H3/t12?,15-/m0/s1. The molecule has 5 heteroatoms. The number of esters is 1. The van der Waals surface area contributed by atoms with E-state index in [9.17, 15) is 4.79 Å². The molecule has 0 spiro atoms. The van der Waals surface area contributed by atoms with Crippen molar-refractivity contribution in [2.24, 2.45) is 5.92 Å². The van der Waals surface area contributed by atoms with Crippen molar-refractivity contribution in [2.75, 3.05) is 27.3 Å². The van der Waals surface area contributed by atoms with Gasteiger partial charge in [-0.05, 0) is 49.4 Å². The first kappa shape index (κ1) is 15.5. The smallest absolute Gasteiger partial charge is 0.305 e. The zero-order chi connectivity index (χ0) is 16.7. The molecule has 24 heavy (non-hydrogen) atoms. The van der Waals surface area contributed by atoms with Crippen LogP contribution in [0.3, 0.4) is 0 Å². The maximum atomic E-state index is 11.6. The average Bonchev–Trinajstić information content (AvgIpc) is 3.00. The van der Waals surface area contributed by atoms with Crippen LogP contribution in [0.15, 0.2) is 18.2 Å². The highest BCUT2D eigenvalue weighted by atomic mass is 16.5. The predicted octanol–water partition coefficient (Wildman–Crippen LogP) is 3.05. The lowest BCUT2D eigenvalue weighted by atomic mass is 9.83. The van der Waals surface area contributed by atoms with Gasteiger partial charge in [-0.2, -0.15) is 0 Å². The maximum Gasteiger partial charge on any atom is 0.305 e. The Bertz CT molecular complexity index is 767. The minimum Gasteiger partial charge on any atom is -0.496 e. The van der Waals surface area contributed by atoms with Gasteiger partial charge in [0.15, 0.2) is 0 Å². The number of ether oxygens (including phenoxy) is 2. The lowest BCUT2D eigenvalue weighted by Crippen LogP contribution is -2.41. The van der Waals surface area contributed by atoms with Crippen LogP contribution in [0.4, 0.5) is 0 Å². The number of carbonyl (C=O) groups excluding carboxylic acids is 1. The van der Waals surface area contributed by atoms with E-state index in [0.717, 1.165) is 43.6 Å². The molecule has 2 atom stereocenters. The van der Waals surface area contributed by atoms with Crippen molar-refractivity contribution in [3.63, 3.8) is 0 Å². The monoisotopic (exact) mass is 328 g/mol. The van der Waals surface area contributed by atoms with E-state index in [0.29, 0.717) is 18.4 Å². The number of rotatable bonds is 3. The van der Waals surface area contributed by atoms with Gasteiger partial charge in [0.2, 0.25) is 0 Å². The predicted molar refractivity (Wildman–Crippen MR) is 92.2 cm³/mol. The number of nitrogens with one attached hydrogen (secondary N) is 1. The fourth-order valence-corrected chi connectivity index (χ4v) is 4.43. The summed E-state index contributed by atoms with van der Waals surface area (Å²) in [4.78, 5) is 17.8. The molecule has 5 nitrogen and oxygen atoms in total. The molecule has 1 aromatic heterocycles. The van der Waals surface area contributed by atoms with Crippen molar-refractivity contribution in [3.8, 4) is 5.75 Å². The lowest BCUT2D eigenvalue weighted by molar-refractivity contribution is -0.142. The molecule has 1 fully saturated rings. The van der Waals surface area contributed by atoms with Crippen molar-refractivity contribution >= 4 is 16.9 Å². The van der Waals surface area contributed by atoms with Gasteiger partial charge in [0.05, 0.1) is 20.3 Å². The van der Waals surface area contributed by atoms with Crippen LogP contribution in [0.1, 0.15) is 36.6 Å². The van der Waals surface area contributed by atoms with Crippen LogP contribution in [0, 0.1) is 5.92 Å². The lowest BCUT2D eigenvalue weighted by Gasteiger charge is -2.42. The molecule has 0 bridgehead atoms. The largest absolute Gasteiger partial charge is 0.496 e. The molecular weight excluding hydrogens is 304 g/mol. The van der Waals surface area contributed by atoms with Gasteiger partial charge in [0.1, 0.15) is 5.75 Å². The van der Waals surface area contributed by atoms with Crippen LogP contribution >= 0.6 is 0 Å². The highest BCUT2D eigenvalue weighted by Crippen LogP contribution is 2.43. The molecule has 4 rings (SSSR count). The van der Waals surface area contributed by atoms with Crippen molar-refractivity contribution in [1.29, 1.82) is 0 Å². The molecule has 0 radical (unpaired) electrons. The number of piperidine rings is 1. The van der Waals surface area contributed by atoms with Crippen molar-refractivity contribution in [1.82, 2.24) is 9.88 Å². The van der Waals surface area contributed by atoms with Crippen molar-refractivity contribution < 1.29 is 14.3 Å². The van der Waals surface area contributed by atoms with Gasteiger partial charge in [-0.3, -0.25) is 9.69 Å². The summed E-state index contributed by atoms with van der Waals surface area (Å²) in [6.07, 6.45) is 3.66. The molecule has 0 amide bonds. The Labute approximate surface area is 141 Å². The molecule has 0 aliphatic carbocycles. The number of hydrogen-bond acceptors (Lipinski definition) is 4. The van der Waals surface area contributed by atoms with Crippen LogP contribution in [0.5, 0.6) is 5.75 Å². The molecule has 0 saturated carbocycles. The van der Waals surface area contributed by atoms with Gasteiger partial charge in [0, 0.05) is 29.6 Å². The van der Waals surface area contributed by atoms with Gasteiger partial charge >= 0.3 is 5.97 Å². The van der Waals surface area contributed by atoms with E-state index in [2.05, 4.69) is 16.0 Å². The molecule has 1 N–H and O–H groups in total. The Morgan fingerprint density at radius 2 is 2.21 bits per heavy atom. The topological polar surface area (TPSA) is 54.6 Å². The second-order valence-corrected chi connectivity index (χ2v) is 6.87. The van der Waals surface area contributed by atoms with E-state index < -0.39 is 0 Å². The average molecular weight is 328 g/mol. The number of H-pyrrole nitrogens is 1. The number of aromatic nitrogens is 1. The number of hydrogen-bond donors (Lipinski definition) is 1. The normalized spacial score (nSPS) is 23.6. The first-order valence-corrected chi connectivity index (χ1v) is 8.69. The number of fused-ring (bicyclic) bond motifs is 5. The van der Waals surface area contributed by atoms with Crippen LogP contribution in [0.25, 0.3) is 10.9 Å². The Balaban J connectivity index is 1.69. The molecule has 128 valence electrons. The molecule has 3 heterocycles. The molecular formula is C19H24N2O3. The van der Waals surface area contributed by atoms with Gasteiger partial charge in [-0.25, -0.2) is 0 Å². The fraction of sp³-hybridized carbons (Fsp3) is 0.526. The van der Waals surface area contributed by atoms with E-state index in [1.165, 1.54) is 23.8 Å². The van der Waals surface area contributed by atoms with Gasteiger partial charge in [-0.1, -0.05) is 6.07 Å². The van der Waals surface area contributed by atoms with Crippen molar-refractivity contribution in [2.45, 2.75) is 31.7 Å². The fourth-order valence-electron chi connectivity index (χ4n) is 4.43. The summed E-state index contributed by atoms with van der Waals surface area (Å²) in [5, 5.41) is 1.23. The van der Waals surface area contributed by atoms with E-state index in [4.69, 9.17) is 9.47 Å². The molecule has 2 aliphatic rings. The summed E-state index contributed by atoms with van der Waals surface area (Å²) in [5.74, 6) is 1.25. The summed E-state index contributed by atoms with van der Waals surface area (Å²) >= 11 is 0. The summed E-state index contributed by atoms with van der Waals surface area (Å²) in [5.41, 5.74) is 3.86. The molecule has 1 aromatic carbocycles. The van der Waals surface area contributed by atoms with E-state index in [1.54, 1.807) is 7.11 Å². The number of aromatic amines is 1. The summed E-state index contributed by atoms with van der Waals surface area (Å²) in [6.45, 7) is 2.13. The zero-order valence-electron chi connectivity index (χ0n) is 14.3. The first-order valence-electron chi connectivity index (χ1n) is 8.69. The second kappa shape index (κ2) is 6.13. The van der Waals surface area contributed by atoms with Gasteiger partial charge < -0.3 is 14.5 Å². The molecule has 1 unspecified atom stereocenters. The third kappa shape index (κ3) is 2.47. The third-order valence-corrected chi connectivity index (χ3v) is 5.63. The van der Waals surface area contributed by atoms with Gasteiger partial charge in [-0.15, -0.1) is 0 Å². The Morgan fingerprint density at radius 3 is 3.00 bits per heavy atom. The van der Waals surface area contributed by atoms with Crippen LogP contribution < -0.4 is 4.74 Å². The van der Waals surface area contributed by atoms with E-state index in [-0.39, 0.29) is 5.97 Å².